The molecule has 0 atom stereocenters. The van der Waals surface area contributed by atoms with Gasteiger partial charge in [0.1, 0.15) is 6.07 Å². The molecule has 0 radical (unpaired) electrons. The van der Waals surface area contributed by atoms with Crippen molar-refractivity contribution in [2.75, 3.05) is 5.32 Å². The molecule has 0 amide bonds. The van der Waals surface area contributed by atoms with E-state index >= 15 is 0 Å². The number of halogens is 1. The van der Waals surface area contributed by atoms with Crippen molar-refractivity contribution in [3.8, 4) is 6.07 Å². The number of rotatable bonds is 3. The van der Waals surface area contributed by atoms with Crippen molar-refractivity contribution in [3.05, 3.63) is 28.2 Å². The Morgan fingerprint density at radius 2 is 2.12 bits per heavy atom. The molecule has 0 heterocycles. The minimum atomic E-state index is 0.0828. The third-order valence-corrected chi connectivity index (χ3v) is 3.65. The van der Waals surface area contributed by atoms with Crippen LogP contribution in [-0.4, -0.2) is 5.54 Å². The molecule has 0 aliphatic heterocycles. The molecule has 2 nitrogen and oxygen atoms in total. The Hall–Kier alpha value is -1.01. The molecule has 1 saturated carbocycles. The lowest BCUT2D eigenvalue weighted by atomic mass is 9.97. The molecule has 0 aromatic heterocycles. The van der Waals surface area contributed by atoms with E-state index in [-0.39, 0.29) is 5.54 Å². The Kier molecular flexibility index (Phi) is 2.94. The van der Waals surface area contributed by atoms with Crippen LogP contribution < -0.4 is 5.32 Å². The van der Waals surface area contributed by atoms with E-state index in [0.717, 1.165) is 16.1 Å². The van der Waals surface area contributed by atoms with Crippen LogP contribution in [-0.2, 0) is 0 Å². The fourth-order valence-corrected chi connectivity index (χ4v) is 2.33. The van der Waals surface area contributed by atoms with E-state index in [1.165, 1.54) is 12.8 Å². The van der Waals surface area contributed by atoms with Gasteiger partial charge in [-0.2, -0.15) is 5.26 Å². The first-order valence-corrected chi connectivity index (χ1v) is 6.30. The van der Waals surface area contributed by atoms with Gasteiger partial charge in [0.15, 0.2) is 0 Å². The molecule has 1 aromatic rings. The van der Waals surface area contributed by atoms with Crippen LogP contribution in [0.1, 0.15) is 32.3 Å². The van der Waals surface area contributed by atoms with Gasteiger partial charge in [-0.25, -0.2) is 0 Å². The highest BCUT2D eigenvalue weighted by atomic mass is 79.9. The van der Waals surface area contributed by atoms with Crippen molar-refractivity contribution >= 4 is 21.6 Å². The molecular weight excluding hydrogens is 264 g/mol. The van der Waals surface area contributed by atoms with Crippen molar-refractivity contribution in [2.45, 2.75) is 32.2 Å². The predicted octanol–water partition coefficient (Wildman–Crippen LogP) is 3.92. The van der Waals surface area contributed by atoms with E-state index in [2.05, 4.69) is 41.2 Å². The summed E-state index contributed by atoms with van der Waals surface area (Å²) >= 11 is 3.38. The zero-order chi connectivity index (χ0) is 11.8. The molecule has 0 bridgehead atoms. The average Bonchev–Trinajstić information content (AvgIpc) is 3.04. The number of hydrogen-bond acceptors (Lipinski definition) is 2. The summed E-state index contributed by atoms with van der Waals surface area (Å²) in [5.41, 5.74) is 1.71. The monoisotopic (exact) mass is 278 g/mol. The topological polar surface area (TPSA) is 35.8 Å². The third kappa shape index (κ3) is 2.38. The molecule has 2 rings (SSSR count). The largest absolute Gasteiger partial charge is 0.379 e. The first-order chi connectivity index (χ1) is 7.53. The number of hydrogen-bond donors (Lipinski definition) is 1. The van der Waals surface area contributed by atoms with E-state index in [1.807, 2.05) is 18.2 Å². The lowest BCUT2D eigenvalue weighted by Gasteiger charge is -2.28. The minimum absolute atomic E-state index is 0.0828. The van der Waals surface area contributed by atoms with Gasteiger partial charge in [0.25, 0.3) is 0 Å². The minimum Gasteiger partial charge on any atom is -0.379 e. The lowest BCUT2D eigenvalue weighted by Crippen LogP contribution is -2.33. The second-order valence-corrected chi connectivity index (χ2v) is 5.84. The fourth-order valence-electron chi connectivity index (χ4n) is 1.97. The van der Waals surface area contributed by atoms with Gasteiger partial charge in [-0.15, -0.1) is 0 Å². The maximum atomic E-state index is 9.08. The summed E-state index contributed by atoms with van der Waals surface area (Å²) < 4.78 is 0.943. The molecule has 1 aromatic carbocycles. The summed E-state index contributed by atoms with van der Waals surface area (Å²) in [5, 5.41) is 12.6. The van der Waals surface area contributed by atoms with Crippen LogP contribution in [0.25, 0.3) is 0 Å². The summed E-state index contributed by atoms with van der Waals surface area (Å²) in [7, 11) is 0. The molecule has 1 fully saturated rings. The highest BCUT2D eigenvalue weighted by Gasteiger charge is 2.37. The van der Waals surface area contributed by atoms with Gasteiger partial charge < -0.3 is 5.32 Å². The maximum Gasteiger partial charge on any atom is 0.101 e. The van der Waals surface area contributed by atoms with Gasteiger partial charge >= 0.3 is 0 Å². The molecule has 1 aliphatic rings. The van der Waals surface area contributed by atoms with Gasteiger partial charge in [-0.1, -0.05) is 15.9 Å². The Morgan fingerprint density at radius 3 is 2.69 bits per heavy atom. The number of nitrogens with zero attached hydrogens (tertiary/aromatic N) is 1. The normalized spacial score (nSPS) is 15.6. The van der Waals surface area contributed by atoms with E-state index in [4.69, 9.17) is 5.26 Å². The maximum absolute atomic E-state index is 9.08. The molecule has 84 valence electrons. The predicted molar refractivity (Wildman–Crippen MR) is 69.3 cm³/mol. The number of nitriles is 1. The highest BCUT2D eigenvalue weighted by molar-refractivity contribution is 9.10. The highest BCUT2D eigenvalue weighted by Crippen LogP contribution is 2.41. The number of anilines is 1. The van der Waals surface area contributed by atoms with Crippen molar-refractivity contribution in [1.29, 1.82) is 5.26 Å². The molecular formula is C13H15BrN2. The fraction of sp³-hybridized carbons (Fsp3) is 0.462. The standard InChI is InChI=1S/C13H15BrN2/c1-13(2,10-3-4-10)16-12-6-5-11(14)7-9(12)8-15/h5-7,10,16H,3-4H2,1-2H3. The van der Waals surface area contributed by atoms with Crippen LogP contribution in [0.3, 0.4) is 0 Å². The van der Waals surface area contributed by atoms with Crippen LogP contribution in [0.2, 0.25) is 0 Å². The third-order valence-electron chi connectivity index (χ3n) is 3.16. The van der Waals surface area contributed by atoms with Crippen molar-refractivity contribution in [1.82, 2.24) is 0 Å². The molecule has 0 saturated heterocycles. The quantitative estimate of drug-likeness (QED) is 0.910. The Balaban J connectivity index is 2.24. The van der Waals surface area contributed by atoms with E-state index < -0.39 is 0 Å². The van der Waals surface area contributed by atoms with Crippen molar-refractivity contribution < 1.29 is 0 Å². The summed E-state index contributed by atoms with van der Waals surface area (Å²) in [5.74, 6) is 0.739. The zero-order valence-electron chi connectivity index (χ0n) is 9.55. The van der Waals surface area contributed by atoms with Crippen LogP contribution in [0.5, 0.6) is 0 Å². The molecule has 1 aliphatic carbocycles. The Bertz CT molecular complexity index is 442. The first kappa shape index (κ1) is 11.5. The molecule has 1 N–H and O–H groups in total. The van der Waals surface area contributed by atoms with Crippen molar-refractivity contribution in [2.24, 2.45) is 5.92 Å². The van der Waals surface area contributed by atoms with E-state index in [1.54, 1.807) is 0 Å². The van der Waals surface area contributed by atoms with Gasteiger partial charge in [-0.3, -0.25) is 0 Å². The number of benzene rings is 1. The SMILES string of the molecule is CC(C)(Nc1ccc(Br)cc1C#N)C1CC1. The second kappa shape index (κ2) is 4.10. The smallest absolute Gasteiger partial charge is 0.101 e. The Labute approximate surface area is 105 Å². The van der Waals surface area contributed by atoms with Crippen LogP contribution in [0.15, 0.2) is 22.7 Å². The summed E-state index contributed by atoms with van der Waals surface area (Å²) in [4.78, 5) is 0. The van der Waals surface area contributed by atoms with Crippen LogP contribution in [0, 0.1) is 17.2 Å². The van der Waals surface area contributed by atoms with Gasteiger partial charge in [0, 0.05) is 10.0 Å². The summed E-state index contributed by atoms with van der Waals surface area (Å²) in [6, 6.07) is 8.01. The zero-order valence-corrected chi connectivity index (χ0v) is 11.1. The molecule has 16 heavy (non-hydrogen) atoms. The lowest BCUT2D eigenvalue weighted by molar-refractivity contribution is 0.494. The van der Waals surface area contributed by atoms with E-state index in [0.29, 0.717) is 5.56 Å². The summed E-state index contributed by atoms with van der Waals surface area (Å²) in [6.07, 6.45) is 2.58. The second-order valence-electron chi connectivity index (χ2n) is 4.92. The summed E-state index contributed by atoms with van der Waals surface area (Å²) in [6.45, 7) is 4.40. The average molecular weight is 279 g/mol. The van der Waals surface area contributed by atoms with Gasteiger partial charge in [-0.05, 0) is 50.8 Å². The molecule has 0 spiro atoms. The van der Waals surface area contributed by atoms with Gasteiger partial charge in [0.05, 0.1) is 11.3 Å². The molecule has 0 unspecified atom stereocenters. The van der Waals surface area contributed by atoms with Crippen LogP contribution >= 0.6 is 15.9 Å². The van der Waals surface area contributed by atoms with E-state index in [9.17, 15) is 0 Å². The Morgan fingerprint density at radius 1 is 1.44 bits per heavy atom. The van der Waals surface area contributed by atoms with Gasteiger partial charge in [0.2, 0.25) is 0 Å². The first-order valence-electron chi connectivity index (χ1n) is 5.51. The number of nitrogens with one attached hydrogen (secondary N) is 1. The van der Waals surface area contributed by atoms with Crippen LogP contribution in [0.4, 0.5) is 5.69 Å². The van der Waals surface area contributed by atoms with Crippen molar-refractivity contribution in [3.63, 3.8) is 0 Å². The molecule has 3 heteroatoms.